The van der Waals surface area contributed by atoms with Crippen LogP contribution in [0.3, 0.4) is 0 Å². The smallest absolute Gasteiger partial charge is 0.477 e. The molecule has 1 aliphatic carbocycles. The van der Waals surface area contributed by atoms with E-state index < -0.39 is 12.3 Å². The third kappa shape index (κ3) is 6.70. The molecule has 2 aromatic carbocycles. The Kier molecular flexibility index (Phi) is 9.21. The second-order valence-electron chi connectivity index (χ2n) is 14.4. The molecule has 3 aromatic heterocycles. The fourth-order valence-electron chi connectivity index (χ4n) is 8.85. The molecule has 11 heteroatoms. The molecule has 0 spiro atoms. The molecule has 8 rings (SSSR count). The van der Waals surface area contributed by atoms with Crippen molar-refractivity contribution in [1.29, 1.82) is 0 Å². The van der Waals surface area contributed by atoms with Gasteiger partial charge in [0, 0.05) is 42.7 Å². The standard InChI is InChI=1S/C40H43F3N4O3S/c1-2-45-18-7-8-25(24-45)17-19-46-20-21-47-33-23-34(39(48)49)51-38(33)35(26-9-4-3-5-10-26)37(47)30-14-16-32-29(36(30)46)13-15-31(44-32)27-11-6-12-28(22-27)50-40(41,42)43/h6,11-16,22-23,25-26H,2-5,7-10,17-21,24H2,1H3,(H,48,49). The fraction of sp³-hybridized carbons (Fsp3) is 0.450. The third-order valence-electron chi connectivity index (χ3n) is 11.2. The minimum Gasteiger partial charge on any atom is -0.477 e. The first-order valence-corrected chi connectivity index (χ1v) is 19.2. The number of anilines is 1. The number of carboxylic acids is 1. The Hall–Kier alpha value is -4.09. The molecule has 1 saturated heterocycles. The van der Waals surface area contributed by atoms with Crippen molar-refractivity contribution in [3.05, 3.63) is 65.0 Å². The third-order valence-corrected chi connectivity index (χ3v) is 12.4. The summed E-state index contributed by atoms with van der Waals surface area (Å²) < 4.78 is 46.7. The van der Waals surface area contributed by atoms with E-state index in [1.807, 2.05) is 18.2 Å². The van der Waals surface area contributed by atoms with Crippen molar-refractivity contribution >= 4 is 44.1 Å². The highest BCUT2D eigenvalue weighted by atomic mass is 32.1. The number of nitrogens with zero attached hydrogens (tertiary/aromatic N) is 4. The highest BCUT2D eigenvalue weighted by molar-refractivity contribution is 7.21. The Morgan fingerprint density at radius 2 is 1.84 bits per heavy atom. The summed E-state index contributed by atoms with van der Waals surface area (Å²) in [6, 6.07) is 16.0. The number of hydrogen-bond donors (Lipinski definition) is 1. The highest BCUT2D eigenvalue weighted by Gasteiger charge is 2.34. The van der Waals surface area contributed by atoms with Crippen molar-refractivity contribution in [2.75, 3.05) is 37.6 Å². The summed E-state index contributed by atoms with van der Waals surface area (Å²) in [5.74, 6) is -0.175. The van der Waals surface area contributed by atoms with Crippen LogP contribution in [0.4, 0.5) is 18.9 Å². The van der Waals surface area contributed by atoms with Gasteiger partial charge in [-0.25, -0.2) is 9.78 Å². The van der Waals surface area contributed by atoms with Crippen LogP contribution < -0.4 is 9.64 Å². The fourth-order valence-corrected chi connectivity index (χ4v) is 9.97. The molecule has 5 aromatic rings. The number of carbonyl (C=O) groups is 1. The number of aromatic carboxylic acids is 1. The van der Waals surface area contributed by atoms with E-state index in [0.717, 1.165) is 90.9 Å². The van der Waals surface area contributed by atoms with Gasteiger partial charge >= 0.3 is 12.3 Å². The van der Waals surface area contributed by atoms with Gasteiger partial charge in [-0.1, -0.05) is 38.3 Å². The van der Waals surface area contributed by atoms with Crippen molar-refractivity contribution < 1.29 is 27.8 Å². The molecule has 0 radical (unpaired) electrons. The number of halogens is 3. The SMILES string of the molecule is CCN1CCCC(CCN2CCn3c(c(C4CCCCC4)c4sc(C(=O)O)cc43)-c3ccc4nc(-c5cccc(OC(F)(F)F)c5)ccc4c32)C1. The Morgan fingerprint density at radius 3 is 2.63 bits per heavy atom. The molecule has 2 aliphatic heterocycles. The first-order valence-electron chi connectivity index (χ1n) is 18.3. The lowest BCUT2D eigenvalue weighted by Gasteiger charge is -2.34. The molecular weight excluding hydrogens is 674 g/mol. The number of carboxylic acid groups (broad SMARTS) is 1. The van der Waals surface area contributed by atoms with Gasteiger partial charge < -0.3 is 24.2 Å². The number of fused-ring (bicyclic) bond motifs is 7. The molecule has 5 heterocycles. The van der Waals surface area contributed by atoms with Gasteiger partial charge in [-0.15, -0.1) is 24.5 Å². The Balaban J connectivity index is 1.27. The van der Waals surface area contributed by atoms with Gasteiger partial charge in [0.1, 0.15) is 10.6 Å². The largest absolute Gasteiger partial charge is 0.573 e. The number of thiophene rings is 1. The van der Waals surface area contributed by atoms with Crippen LogP contribution in [0.1, 0.15) is 79.4 Å². The number of piperidine rings is 1. The normalized spacial score (nSPS) is 18.9. The first-order chi connectivity index (χ1) is 24.7. The maximum absolute atomic E-state index is 13.0. The van der Waals surface area contributed by atoms with Crippen molar-refractivity contribution in [3.8, 4) is 28.3 Å². The zero-order valence-corrected chi connectivity index (χ0v) is 29.7. The van der Waals surface area contributed by atoms with E-state index in [9.17, 15) is 23.1 Å². The minimum absolute atomic E-state index is 0.277. The van der Waals surface area contributed by atoms with Crippen molar-refractivity contribution in [3.63, 3.8) is 0 Å². The summed E-state index contributed by atoms with van der Waals surface area (Å²) >= 11 is 1.41. The molecule has 1 atom stereocenters. The molecule has 1 saturated carbocycles. The zero-order chi connectivity index (χ0) is 35.3. The molecule has 1 unspecified atom stereocenters. The summed E-state index contributed by atoms with van der Waals surface area (Å²) in [5, 5.41) is 11.0. The summed E-state index contributed by atoms with van der Waals surface area (Å²) in [5.41, 5.74) is 7.70. The molecule has 0 amide bonds. The topological polar surface area (TPSA) is 70.8 Å². The van der Waals surface area contributed by atoms with Crippen molar-refractivity contribution in [2.24, 2.45) is 5.92 Å². The van der Waals surface area contributed by atoms with E-state index in [0.29, 0.717) is 28.0 Å². The minimum atomic E-state index is -4.78. The van der Waals surface area contributed by atoms with Gasteiger partial charge in [-0.3, -0.25) is 0 Å². The van der Waals surface area contributed by atoms with Gasteiger partial charge in [-0.2, -0.15) is 0 Å². The van der Waals surface area contributed by atoms with Crippen molar-refractivity contribution in [1.82, 2.24) is 14.5 Å². The molecule has 51 heavy (non-hydrogen) atoms. The Bertz CT molecular complexity index is 2080. The number of hydrogen-bond acceptors (Lipinski definition) is 6. The second-order valence-corrected chi connectivity index (χ2v) is 15.4. The quantitative estimate of drug-likeness (QED) is 0.172. The maximum atomic E-state index is 13.0. The number of rotatable bonds is 8. The Morgan fingerprint density at radius 1 is 1.00 bits per heavy atom. The summed E-state index contributed by atoms with van der Waals surface area (Å²) in [6.07, 6.45) is 4.50. The van der Waals surface area contributed by atoms with E-state index in [-0.39, 0.29) is 5.75 Å². The molecule has 268 valence electrons. The lowest BCUT2D eigenvalue weighted by molar-refractivity contribution is -0.274. The van der Waals surface area contributed by atoms with Crippen LogP contribution in [-0.4, -0.2) is 64.6 Å². The van der Waals surface area contributed by atoms with E-state index in [1.165, 1.54) is 66.8 Å². The van der Waals surface area contributed by atoms with Crippen LogP contribution in [0.5, 0.6) is 5.75 Å². The van der Waals surface area contributed by atoms with Crippen LogP contribution in [0, 0.1) is 5.92 Å². The monoisotopic (exact) mass is 716 g/mol. The second kappa shape index (κ2) is 13.8. The average molecular weight is 717 g/mol. The van der Waals surface area contributed by atoms with Crippen LogP contribution in [0.25, 0.3) is 43.6 Å². The summed E-state index contributed by atoms with van der Waals surface area (Å²) in [4.78, 5) is 22.7. The molecule has 1 N–H and O–H groups in total. The number of likely N-dealkylation sites (tertiary alicyclic amines) is 1. The maximum Gasteiger partial charge on any atom is 0.573 e. The van der Waals surface area contributed by atoms with Crippen LogP contribution in [0.2, 0.25) is 0 Å². The molecule has 7 nitrogen and oxygen atoms in total. The van der Waals surface area contributed by atoms with Gasteiger partial charge in [0.2, 0.25) is 0 Å². The highest BCUT2D eigenvalue weighted by Crippen LogP contribution is 2.51. The number of alkyl halides is 3. The lowest BCUT2D eigenvalue weighted by Crippen LogP contribution is -2.37. The van der Waals surface area contributed by atoms with Crippen LogP contribution in [-0.2, 0) is 6.54 Å². The molecule has 3 aliphatic rings. The number of aromatic nitrogens is 2. The summed E-state index contributed by atoms with van der Waals surface area (Å²) in [7, 11) is 0. The van der Waals surface area contributed by atoms with E-state index in [1.54, 1.807) is 12.1 Å². The van der Waals surface area contributed by atoms with Gasteiger partial charge in [-0.05, 0) is 105 Å². The van der Waals surface area contributed by atoms with Crippen molar-refractivity contribution in [2.45, 2.75) is 77.1 Å². The summed E-state index contributed by atoms with van der Waals surface area (Å²) in [6.45, 7) is 8.00. The number of pyridine rings is 1. The lowest BCUT2D eigenvalue weighted by atomic mass is 9.82. The van der Waals surface area contributed by atoms with Crippen LogP contribution >= 0.6 is 11.3 Å². The number of ether oxygens (including phenoxy) is 1. The molecular formula is C40H43F3N4O3S. The van der Waals surface area contributed by atoms with Crippen LogP contribution in [0.15, 0.2) is 54.6 Å². The van der Waals surface area contributed by atoms with Gasteiger partial charge in [0.05, 0.1) is 32.8 Å². The first kappa shape index (κ1) is 34.0. The predicted octanol–water partition coefficient (Wildman–Crippen LogP) is 10.2. The molecule has 0 bridgehead atoms. The van der Waals surface area contributed by atoms with Gasteiger partial charge in [0.15, 0.2) is 0 Å². The van der Waals surface area contributed by atoms with E-state index in [2.05, 4.69) is 38.2 Å². The zero-order valence-electron chi connectivity index (χ0n) is 28.8. The van der Waals surface area contributed by atoms with Gasteiger partial charge in [0.25, 0.3) is 0 Å². The Labute approximate surface area is 299 Å². The van der Waals surface area contributed by atoms with E-state index >= 15 is 0 Å². The van der Waals surface area contributed by atoms with E-state index in [4.69, 9.17) is 4.98 Å². The molecule has 2 fully saturated rings. The predicted molar refractivity (Wildman–Crippen MR) is 197 cm³/mol. The average Bonchev–Trinajstić information content (AvgIpc) is 3.64. The number of benzene rings is 2.